The first-order valence-electron chi connectivity index (χ1n) is 7.25. The summed E-state index contributed by atoms with van der Waals surface area (Å²) >= 11 is 2.01. The molecule has 3 nitrogen and oxygen atoms in total. The summed E-state index contributed by atoms with van der Waals surface area (Å²) in [4.78, 5) is 2.29. The van der Waals surface area contributed by atoms with Crippen LogP contribution >= 0.6 is 11.8 Å². The van der Waals surface area contributed by atoms with E-state index < -0.39 is 5.60 Å². The number of ether oxygens (including phenoxy) is 1. The van der Waals surface area contributed by atoms with Crippen LogP contribution in [0.5, 0.6) is 0 Å². The zero-order valence-corrected chi connectivity index (χ0v) is 12.2. The van der Waals surface area contributed by atoms with Crippen LogP contribution in [0.3, 0.4) is 0 Å². The molecule has 0 radical (unpaired) electrons. The average Bonchev–Trinajstić information content (AvgIpc) is 2.77. The lowest BCUT2D eigenvalue weighted by molar-refractivity contribution is -0.147. The van der Waals surface area contributed by atoms with Gasteiger partial charge in [0.2, 0.25) is 0 Å². The second-order valence-corrected chi connectivity index (χ2v) is 7.57. The zero-order valence-electron chi connectivity index (χ0n) is 11.4. The van der Waals surface area contributed by atoms with Crippen molar-refractivity contribution in [1.29, 1.82) is 0 Å². The van der Waals surface area contributed by atoms with Gasteiger partial charge in [-0.25, -0.2) is 0 Å². The quantitative estimate of drug-likeness (QED) is 0.787. The SMILES string of the molecule is CN1CCCC(O)(C2CCOC3(CCSC3)C2)C1. The summed E-state index contributed by atoms with van der Waals surface area (Å²) < 4.78 is 6.07. The van der Waals surface area contributed by atoms with Gasteiger partial charge in [-0.15, -0.1) is 0 Å². The molecule has 1 N–H and O–H groups in total. The molecule has 3 fully saturated rings. The maximum absolute atomic E-state index is 11.0. The predicted molar refractivity (Wildman–Crippen MR) is 75.0 cm³/mol. The van der Waals surface area contributed by atoms with E-state index in [0.29, 0.717) is 5.92 Å². The smallest absolute Gasteiger partial charge is 0.0804 e. The van der Waals surface area contributed by atoms with E-state index >= 15 is 0 Å². The van der Waals surface area contributed by atoms with Crippen LogP contribution in [0, 0.1) is 5.92 Å². The highest BCUT2D eigenvalue weighted by atomic mass is 32.2. The highest BCUT2D eigenvalue weighted by Gasteiger charge is 2.48. The maximum Gasteiger partial charge on any atom is 0.0804 e. The minimum Gasteiger partial charge on any atom is -0.388 e. The van der Waals surface area contributed by atoms with E-state index in [2.05, 4.69) is 11.9 Å². The molecule has 0 aliphatic carbocycles. The van der Waals surface area contributed by atoms with Gasteiger partial charge in [0.25, 0.3) is 0 Å². The van der Waals surface area contributed by atoms with Gasteiger partial charge >= 0.3 is 0 Å². The van der Waals surface area contributed by atoms with Crippen molar-refractivity contribution in [3.8, 4) is 0 Å². The van der Waals surface area contributed by atoms with Gasteiger partial charge in [0.1, 0.15) is 0 Å². The molecule has 18 heavy (non-hydrogen) atoms. The Kier molecular flexibility index (Phi) is 3.65. The summed E-state index contributed by atoms with van der Waals surface area (Å²) in [7, 11) is 2.13. The van der Waals surface area contributed by atoms with Gasteiger partial charge < -0.3 is 14.7 Å². The molecule has 4 heteroatoms. The summed E-state index contributed by atoms with van der Waals surface area (Å²) in [6, 6.07) is 0. The minimum absolute atomic E-state index is 0.0966. The van der Waals surface area contributed by atoms with Gasteiger partial charge in [-0.3, -0.25) is 0 Å². The van der Waals surface area contributed by atoms with Crippen molar-refractivity contribution < 1.29 is 9.84 Å². The molecule has 1 spiro atoms. The molecule has 3 aliphatic rings. The first kappa shape index (κ1) is 13.2. The molecule has 0 aromatic heterocycles. The van der Waals surface area contributed by atoms with Gasteiger partial charge in [-0.2, -0.15) is 11.8 Å². The van der Waals surface area contributed by atoms with Crippen LogP contribution in [0.2, 0.25) is 0 Å². The van der Waals surface area contributed by atoms with Gasteiger partial charge in [-0.1, -0.05) is 0 Å². The Hall–Kier alpha value is 0.230. The molecular formula is C14H25NO2S. The number of β-amino-alcohol motifs (C(OH)–C–C–N with tert-alkyl or cyclic N) is 1. The lowest BCUT2D eigenvalue weighted by Gasteiger charge is -2.48. The number of rotatable bonds is 1. The fourth-order valence-corrected chi connectivity index (χ4v) is 5.34. The number of aliphatic hydroxyl groups is 1. The topological polar surface area (TPSA) is 32.7 Å². The Labute approximate surface area is 114 Å². The Bertz CT molecular complexity index is 306. The van der Waals surface area contributed by atoms with Crippen LogP contribution in [0.15, 0.2) is 0 Å². The Balaban J connectivity index is 1.71. The summed E-state index contributed by atoms with van der Waals surface area (Å²) in [5, 5.41) is 11.0. The highest BCUT2D eigenvalue weighted by Crippen LogP contribution is 2.45. The fraction of sp³-hybridized carbons (Fsp3) is 1.00. The van der Waals surface area contributed by atoms with Crippen LogP contribution in [0.4, 0.5) is 0 Å². The molecule has 0 saturated carbocycles. The molecule has 0 bridgehead atoms. The van der Waals surface area contributed by atoms with E-state index in [9.17, 15) is 5.11 Å². The molecule has 0 aromatic rings. The van der Waals surface area contributed by atoms with Crippen molar-refractivity contribution in [3.63, 3.8) is 0 Å². The second kappa shape index (κ2) is 4.97. The number of nitrogens with zero attached hydrogens (tertiary/aromatic N) is 1. The van der Waals surface area contributed by atoms with Gasteiger partial charge in [0.15, 0.2) is 0 Å². The monoisotopic (exact) mass is 271 g/mol. The minimum atomic E-state index is -0.461. The van der Waals surface area contributed by atoms with Crippen LogP contribution in [0.1, 0.15) is 32.1 Å². The number of likely N-dealkylation sites (N-methyl/N-ethyl adjacent to an activating group) is 1. The molecule has 3 aliphatic heterocycles. The van der Waals surface area contributed by atoms with Crippen LogP contribution in [0.25, 0.3) is 0 Å². The third kappa shape index (κ3) is 2.45. The fourth-order valence-electron chi connectivity index (χ4n) is 3.96. The van der Waals surface area contributed by atoms with Crippen molar-refractivity contribution in [1.82, 2.24) is 4.90 Å². The van der Waals surface area contributed by atoms with E-state index in [-0.39, 0.29) is 5.60 Å². The average molecular weight is 271 g/mol. The van der Waals surface area contributed by atoms with Crippen LogP contribution in [-0.4, -0.2) is 59.5 Å². The summed E-state index contributed by atoms with van der Waals surface area (Å²) in [6.07, 6.45) is 5.40. The van der Waals surface area contributed by atoms with Crippen LogP contribution < -0.4 is 0 Å². The third-order valence-electron chi connectivity index (χ3n) is 5.01. The molecule has 104 valence electrons. The molecule has 3 heterocycles. The molecule has 0 aromatic carbocycles. The first-order valence-corrected chi connectivity index (χ1v) is 8.40. The van der Waals surface area contributed by atoms with E-state index in [1.807, 2.05) is 11.8 Å². The Morgan fingerprint density at radius 1 is 1.39 bits per heavy atom. The van der Waals surface area contributed by atoms with Crippen molar-refractivity contribution >= 4 is 11.8 Å². The van der Waals surface area contributed by atoms with E-state index in [1.165, 1.54) is 12.2 Å². The summed E-state index contributed by atoms with van der Waals surface area (Å²) in [5.41, 5.74) is -0.365. The first-order chi connectivity index (χ1) is 8.62. The van der Waals surface area contributed by atoms with Gasteiger partial charge in [-0.05, 0) is 57.4 Å². The number of hydrogen-bond donors (Lipinski definition) is 1. The molecule has 3 rings (SSSR count). The largest absolute Gasteiger partial charge is 0.388 e. The predicted octanol–water partition coefficient (Wildman–Crippen LogP) is 1.75. The van der Waals surface area contributed by atoms with E-state index in [4.69, 9.17) is 4.74 Å². The number of hydrogen-bond acceptors (Lipinski definition) is 4. The maximum atomic E-state index is 11.0. The standard InChI is InChI=1S/C14H25NO2S/c1-15-6-2-4-14(16,10-15)12-3-7-17-13(9-12)5-8-18-11-13/h12,16H,2-11H2,1H3. The third-order valence-corrected chi connectivity index (χ3v) is 6.24. The van der Waals surface area contributed by atoms with Crippen molar-refractivity contribution in [3.05, 3.63) is 0 Å². The Morgan fingerprint density at radius 2 is 2.28 bits per heavy atom. The Morgan fingerprint density at radius 3 is 3.00 bits per heavy atom. The lowest BCUT2D eigenvalue weighted by Crippen LogP contribution is -2.55. The highest BCUT2D eigenvalue weighted by molar-refractivity contribution is 7.99. The summed E-state index contributed by atoms with van der Waals surface area (Å²) in [6.45, 7) is 2.82. The van der Waals surface area contributed by atoms with Crippen molar-refractivity contribution in [2.45, 2.75) is 43.3 Å². The summed E-state index contributed by atoms with van der Waals surface area (Å²) in [5.74, 6) is 2.80. The van der Waals surface area contributed by atoms with Gasteiger partial charge in [0, 0.05) is 18.9 Å². The van der Waals surface area contributed by atoms with Crippen molar-refractivity contribution in [2.75, 3.05) is 38.2 Å². The van der Waals surface area contributed by atoms with Gasteiger partial charge in [0.05, 0.1) is 11.2 Å². The van der Waals surface area contributed by atoms with E-state index in [1.54, 1.807) is 0 Å². The molecular weight excluding hydrogens is 246 g/mol. The molecule has 3 saturated heterocycles. The normalized spacial score (nSPS) is 46.7. The number of thioether (sulfide) groups is 1. The molecule has 0 amide bonds. The number of piperidine rings is 1. The van der Waals surface area contributed by atoms with E-state index in [0.717, 1.165) is 51.1 Å². The lowest BCUT2D eigenvalue weighted by atomic mass is 9.72. The second-order valence-electron chi connectivity index (χ2n) is 6.47. The zero-order chi connectivity index (χ0) is 12.6. The van der Waals surface area contributed by atoms with Crippen LogP contribution in [-0.2, 0) is 4.74 Å². The number of likely N-dealkylation sites (tertiary alicyclic amines) is 1. The molecule has 3 atom stereocenters. The van der Waals surface area contributed by atoms with Crippen molar-refractivity contribution in [2.24, 2.45) is 5.92 Å². The molecule has 3 unspecified atom stereocenters.